The Morgan fingerprint density at radius 1 is 1.35 bits per heavy atom. The largest absolute Gasteiger partial charge is 0.300 e. The monoisotopic (exact) mass is 247 g/mol. The van der Waals surface area contributed by atoms with E-state index in [1.165, 1.54) is 0 Å². The first kappa shape index (κ1) is 12.1. The zero-order valence-corrected chi connectivity index (χ0v) is 10.7. The molecule has 0 aliphatic carbocycles. The Morgan fingerprint density at radius 2 is 2.12 bits per heavy atom. The molecule has 0 amide bonds. The fourth-order valence-electron chi connectivity index (χ4n) is 1.78. The van der Waals surface area contributed by atoms with E-state index < -0.39 is 0 Å². The number of nitrogens with zero attached hydrogens (tertiary/aromatic N) is 1. The molecule has 0 unspecified atom stereocenters. The van der Waals surface area contributed by atoms with Crippen LogP contribution in [0.15, 0.2) is 24.3 Å². The molecule has 0 radical (unpaired) electrons. The maximum atomic E-state index is 10.9. The summed E-state index contributed by atoms with van der Waals surface area (Å²) in [6, 6.07) is 8.07. The summed E-state index contributed by atoms with van der Waals surface area (Å²) in [5.74, 6) is 0.218. The first-order valence-electron chi connectivity index (χ1n) is 5.61. The Kier molecular flexibility index (Phi) is 3.43. The molecule has 2 aromatic rings. The fraction of sp³-hybridized carbons (Fsp3) is 0.286. The highest BCUT2D eigenvalue weighted by Crippen LogP contribution is 2.21. The minimum atomic E-state index is 0.218. The van der Waals surface area contributed by atoms with Gasteiger partial charge in [-0.05, 0) is 49.6 Å². The average Bonchev–Trinajstić information content (AvgIpc) is 2.28. The molecule has 2 nitrogen and oxygen atoms in total. The predicted octanol–water partition coefficient (Wildman–Crippen LogP) is 3.72. The third-order valence-corrected chi connectivity index (χ3v) is 3.16. The van der Waals surface area contributed by atoms with E-state index in [0.29, 0.717) is 11.6 Å². The van der Waals surface area contributed by atoms with E-state index in [1.54, 1.807) is 6.92 Å². The summed E-state index contributed by atoms with van der Waals surface area (Å²) in [7, 11) is 0. The quantitative estimate of drug-likeness (QED) is 0.774. The molecule has 1 heterocycles. The lowest BCUT2D eigenvalue weighted by molar-refractivity contribution is -0.116. The second kappa shape index (κ2) is 4.84. The molecule has 17 heavy (non-hydrogen) atoms. The van der Waals surface area contributed by atoms with Gasteiger partial charge in [0.05, 0.1) is 5.52 Å². The molecule has 1 aromatic heterocycles. The number of ketones is 1. The van der Waals surface area contributed by atoms with Crippen LogP contribution in [0.5, 0.6) is 0 Å². The van der Waals surface area contributed by atoms with Gasteiger partial charge in [0.1, 0.15) is 10.9 Å². The topological polar surface area (TPSA) is 30.0 Å². The molecule has 3 heteroatoms. The van der Waals surface area contributed by atoms with Crippen LogP contribution in [0, 0.1) is 6.92 Å². The first-order valence-corrected chi connectivity index (χ1v) is 5.99. The smallest absolute Gasteiger partial charge is 0.132 e. The molecule has 0 saturated carbocycles. The summed E-state index contributed by atoms with van der Waals surface area (Å²) in [5.41, 5.74) is 3.03. The van der Waals surface area contributed by atoms with Crippen molar-refractivity contribution in [2.24, 2.45) is 0 Å². The minimum absolute atomic E-state index is 0.218. The van der Waals surface area contributed by atoms with Crippen LogP contribution in [0.2, 0.25) is 5.15 Å². The molecule has 88 valence electrons. The van der Waals surface area contributed by atoms with Gasteiger partial charge < -0.3 is 4.79 Å². The van der Waals surface area contributed by atoms with Crippen molar-refractivity contribution in [2.75, 3.05) is 0 Å². The van der Waals surface area contributed by atoms with E-state index in [0.717, 1.165) is 28.5 Å². The maximum absolute atomic E-state index is 10.9. The van der Waals surface area contributed by atoms with E-state index in [-0.39, 0.29) is 5.78 Å². The number of benzene rings is 1. The summed E-state index contributed by atoms with van der Waals surface area (Å²) in [5, 5.41) is 1.63. The molecule has 0 aliphatic rings. The molecule has 2 rings (SSSR count). The van der Waals surface area contributed by atoms with Crippen LogP contribution in [-0.2, 0) is 11.2 Å². The van der Waals surface area contributed by atoms with Crippen LogP contribution in [0.4, 0.5) is 0 Å². The second-order valence-corrected chi connectivity index (χ2v) is 4.68. The third kappa shape index (κ3) is 2.83. The van der Waals surface area contributed by atoms with E-state index in [2.05, 4.69) is 11.1 Å². The van der Waals surface area contributed by atoms with Crippen molar-refractivity contribution in [1.82, 2.24) is 4.98 Å². The Hall–Kier alpha value is -1.41. The number of pyridine rings is 1. The van der Waals surface area contributed by atoms with Gasteiger partial charge in [0.25, 0.3) is 0 Å². The van der Waals surface area contributed by atoms with Crippen LogP contribution in [0.25, 0.3) is 10.9 Å². The molecule has 0 saturated heterocycles. The number of carbonyl (C=O) groups is 1. The van der Waals surface area contributed by atoms with Crippen LogP contribution in [0.1, 0.15) is 24.5 Å². The molecule has 1 aromatic carbocycles. The molecule has 0 spiro atoms. The van der Waals surface area contributed by atoms with Gasteiger partial charge in [-0.3, -0.25) is 0 Å². The highest BCUT2D eigenvalue weighted by atomic mass is 35.5. The number of aromatic nitrogens is 1. The zero-order chi connectivity index (χ0) is 12.4. The number of halogens is 1. The summed E-state index contributed by atoms with van der Waals surface area (Å²) in [6.45, 7) is 3.56. The number of hydrogen-bond donors (Lipinski definition) is 0. The van der Waals surface area contributed by atoms with Gasteiger partial charge in [0, 0.05) is 11.8 Å². The van der Waals surface area contributed by atoms with E-state index in [9.17, 15) is 4.79 Å². The third-order valence-electron chi connectivity index (χ3n) is 2.77. The summed E-state index contributed by atoms with van der Waals surface area (Å²) < 4.78 is 0. The van der Waals surface area contributed by atoms with Crippen molar-refractivity contribution in [3.8, 4) is 0 Å². The summed E-state index contributed by atoms with van der Waals surface area (Å²) >= 11 is 5.97. The highest BCUT2D eigenvalue weighted by Gasteiger charge is 2.03. The van der Waals surface area contributed by atoms with Crippen molar-refractivity contribution in [1.29, 1.82) is 0 Å². The van der Waals surface area contributed by atoms with Crippen molar-refractivity contribution in [2.45, 2.75) is 26.7 Å². The lowest BCUT2D eigenvalue weighted by atomic mass is 10.0. The van der Waals surface area contributed by atoms with Gasteiger partial charge in [0.2, 0.25) is 0 Å². The van der Waals surface area contributed by atoms with Crippen molar-refractivity contribution >= 4 is 28.3 Å². The van der Waals surface area contributed by atoms with Crippen molar-refractivity contribution in [3.05, 3.63) is 40.5 Å². The molecule has 0 N–H and O–H groups in total. The molecular formula is C14H14ClNO. The van der Waals surface area contributed by atoms with Crippen LogP contribution < -0.4 is 0 Å². The number of hydrogen-bond acceptors (Lipinski definition) is 2. The van der Waals surface area contributed by atoms with Gasteiger partial charge >= 0.3 is 0 Å². The highest BCUT2D eigenvalue weighted by molar-refractivity contribution is 6.30. The fourth-order valence-corrected chi connectivity index (χ4v) is 1.93. The minimum Gasteiger partial charge on any atom is -0.300 e. The lowest BCUT2D eigenvalue weighted by Gasteiger charge is -2.04. The molecule has 0 bridgehead atoms. The SMILES string of the molecule is CC(=O)CCc1ccc2nc(Cl)c(C)cc2c1. The number of carbonyl (C=O) groups excluding carboxylic acids is 1. The Balaban J connectivity index is 2.36. The number of rotatable bonds is 3. The number of fused-ring (bicyclic) bond motifs is 1. The standard InChI is InChI=1S/C14H14ClNO/c1-9-7-12-8-11(4-3-10(2)17)5-6-13(12)16-14(9)15/h5-8H,3-4H2,1-2H3. The normalized spacial score (nSPS) is 10.8. The number of Topliss-reactive ketones (excluding diaryl/α,β-unsaturated/α-hetero) is 1. The van der Waals surface area contributed by atoms with E-state index >= 15 is 0 Å². The van der Waals surface area contributed by atoms with E-state index in [4.69, 9.17) is 11.6 Å². The Bertz CT molecular complexity index is 578. The summed E-state index contributed by atoms with van der Waals surface area (Å²) in [6.07, 6.45) is 1.37. The summed E-state index contributed by atoms with van der Waals surface area (Å²) in [4.78, 5) is 15.3. The van der Waals surface area contributed by atoms with Gasteiger partial charge in [-0.15, -0.1) is 0 Å². The van der Waals surface area contributed by atoms with Crippen molar-refractivity contribution in [3.63, 3.8) is 0 Å². The maximum Gasteiger partial charge on any atom is 0.132 e. The predicted molar refractivity (Wildman–Crippen MR) is 70.5 cm³/mol. The Labute approximate surface area is 106 Å². The Morgan fingerprint density at radius 3 is 2.82 bits per heavy atom. The number of aryl methyl sites for hydroxylation is 2. The van der Waals surface area contributed by atoms with E-state index in [1.807, 2.05) is 25.1 Å². The van der Waals surface area contributed by atoms with Gasteiger partial charge in [-0.25, -0.2) is 4.98 Å². The molecule has 0 atom stereocenters. The van der Waals surface area contributed by atoms with Crippen molar-refractivity contribution < 1.29 is 4.79 Å². The van der Waals surface area contributed by atoms with Gasteiger partial charge in [-0.1, -0.05) is 17.7 Å². The van der Waals surface area contributed by atoms with Crippen LogP contribution >= 0.6 is 11.6 Å². The van der Waals surface area contributed by atoms with Gasteiger partial charge in [-0.2, -0.15) is 0 Å². The molecule has 0 fully saturated rings. The van der Waals surface area contributed by atoms with Gasteiger partial charge in [0.15, 0.2) is 0 Å². The zero-order valence-electron chi connectivity index (χ0n) is 9.96. The molecular weight excluding hydrogens is 234 g/mol. The lowest BCUT2D eigenvalue weighted by Crippen LogP contribution is -1.94. The first-order chi connectivity index (χ1) is 8.06. The average molecular weight is 248 g/mol. The second-order valence-electron chi connectivity index (χ2n) is 4.33. The van der Waals surface area contributed by atoms with Crippen LogP contribution in [-0.4, -0.2) is 10.8 Å². The van der Waals surface area contributed by atoms with Crippen LogP contribution in [0.3, 0.4) is 0 Å². The molecule has 0 aliphatic heterocycles.